The zero-order chi connectivity index (χ0) is 23.4. The molecule has 33 heavy (non-hydrogen) atoms. The van der Waals surface area contributed by atoms with Gasteiger partial charge in [-0.2, -0.15) is 5.10 Å². The molecule has 0 atom stereocenters. The van der Waals surface area contributed by atoms with E-state index in [1.54, 1.807) is 16.8 Å². The lowest BCUT2D eigenvalue weighted by Gasteiger charge is -2.21. The van der Waals surface area contributed by atoms with Crippen LogP contribution in [0.2, 0.25) is 10.0 Å². The topological polar surface area (TPSA) is 102 Å². The number of nitrogens with zero attached hydrogens (tertiary/aromatic N) is 3. The van der Waals surface area contributed by atoms with Crippen LogP contribution in [0.4, 0.5) is 0 Å². The van der Waals surface area contributed by atoms with Crippen molar-refractivity contribution in [1.29, 1.82) is 0 Å². The molecule has 2 aromatic carbocycles. The smallest absolute Gasteiger partial charge is 0.237 e. The van der Waals surface area contributed by atoms with E-state index < -0.39 is 15.3 Å². The molecule has 0 radical (unpaired) electrons. The van der Waals surface area contributed by atoms with Gasteiger partial charge >= 0.3 is 0 Å². The largest absolute Gasteiger partial charge is 0.369 e. The third-order valence-corrected chi connectivity index (χ3v) is 7.97. The van der Waals surface area contributed by atoms with Gasteiger partial charge in [0.05, 0.1) is 28.9 Å². The van der Waals surface area contributed by atoms with E-state index in [0.717, 1.165) is 36.2 Å². The summed E-state index contributed by atoms with van der Waals surface area (Å²) in [4.78, 5) is 4.23. The van der Waals surface area contributed by atoms with Crippen LogP contribution in [0.5, 0.6) is 0 Å². The number of aromatic nitrogens is 2. The molecule has 1 aliphatic carbocycles. The minimum absolute atomic E-state index is 0.125. The zero-order valence-electron chi connectivity index (χ0n) is 17.9. The van der Waals surface area contributed by atoms with Gasteiger partial charge < -0.3 is 5.73 Å². The van der Waals surface area contributed by atoms with Crippen LogP contribution < -0.4 is 10.5 Å². The summed E-state index contributed by atoms with van der Waals surface area (Å²) in [5, 5.41) is 5.52. The van der Waals surface area contributed by atoms with Crippen LogP contribution >= 0.6 is 23.2 Å². The average Bonchev–Trinajstić information content (AvgIpc) is 3.23. The third-order valence-electron chi connectivity index (χ3n) is 5.62. The molecule has 1 aliphatic rings. The molecule has 3 aromatic rings. The second-order valence-electron chi connectivity index (χ2n) is 8.02. The molecule has 0 spiro atoms. The molecule has 0 unspecified atom stereocenters. The lowest BCUT2D eigenvalue weighted by molar-refractivity contribution is 0.482. The molecule has 4 rings (SSSR count). The molecular formula is C23H25Cl2N5O2S. The number of nitrogens with one attached hydrogen (secondary N) is 1. The molecule has 0 aliphatic heterocycles. The fourth-order valence-electron chi connectivity index (χ4n) is 3.92. The molecule has 0 amide bonds. The Morgan fingerprint density at radius 3 is 2.27 bits per heavy atom. The summed E-state index contributed by atoms with van der Waals surface area (Å²) in [6.07, 6.45) is 4.20. The monoisotopic (exact) mass is 505 g/mol. The molecule has 7 nitrogen and oxygen atoms in total. The normalized spacial score (nSPS) is 15.5. The number of hydrogen-bond donors (Lipinski definition) is 2. The molecule has 174 valence electrons. The third kappa shape index (κ3) is 5.88. The van der Waals surface area contributed by atoms with Crippen molar-refractivity contribution < 1.29 is 8.42 Å². The standard InChI is InChI=1S/C23H25Cl2N5O2S/c24-17-8-6-16(7-9-17)22-14-19(28-30(22)20-12-10-18(25)11-13-20)15-27-23(26)29-33(31,32)21-4-2-1-3-5-21/h6-14,21H,1-5,15H2,(H3,26,27,29). The maximum Gasteiger partial charge on any atom is 0.237 e. The number of nitrogens with two attached hydrogens (primary N) is 1. The maximum atomic E-state index is 12.6. The first kappa shape index (κ1) is 23.6. The lowest BCUT2D eigenvalue weighted by atomic mass is 10.0. The van der Waals surface area contributed by atoms with E-state index in [1.807, 2.05) is 42.5 Å². The molecule has 1 saturated carbocycles. The predicted molar refractivity (Wildman–Crippen MR) is 133 cm³/mol. The fourth-order valence-corrected chi connectivity index (χ4v) is 5.64. The van der Waals surface area contributed by atoms with Crippen LogP contribution in [0.25, 0.3) is 16.9 Å². The van der Waals surface area contributed by atoms with Gasteiger partial charge in [-0.25, -0.2) is 18.1 Å². The summed E-state index contributed by atoms with van der Waals surface area (Å²) in [7, 11) is -3.54. The van der Waals surface area contributed by atoms with Gasteiger partial charge in [-0.1, -0.05) is 54.6 Å². The van der Waals surface area contributed by atoms with E-state index in [4.69, 9.17) is 28.9 Å². The highest BCUT2D eigenvalue weighted by Crippen LogP contribution is 2.27. The van der Waals surface area contributed by atoms with E-state index in [1.165, 1.54) is 0 Å². The fraction of sp³-hybridized carbons (Fsp3) is 0.304. The van der Waals surface area contributed by atoms with Crippen LogP contribution in [0.3, 0.4) is 0 Å². The Hall–Kier alpha value is -2.55. The van der Waals surface area contributed by atoms with E-state index in [2.05, 4.69) is 14.8 Å². The maximum absolute atomic E-state index is 12.6. The van der Waals surface area contributed by atoms with Crippen LogP contribution in [0.15, 0.2) is 59.6 Å². The first-order chi connectivity index (χ1) is 15.8. The Morgan fingerprint density at radius 2 is 1.64 bits per heavy atom. The summed E-state index contributed by atoms with van der Waals surface area (Å²) in [6, 6.07) is 16.7. The molecule has 1 fully saturated rings. The first-order valence-electron chi connectivity index (χ1n) is 10.7. The highest BCUT2D eigenvalue weighted by Gasteiger charge is 2.27. The van der Waals surface area contributed by atoms with E-state index >= 15 is 0 Å². The molecule has 1 aromatic heterocycles. The van der Waals surface area contributed by atoms with Gasteiger partial charge in [-0.05, 0) is 55.3 Å². The Balaban J connectivity index is 1.58. The Morgan fingerprint density at radius 1 is 1.03 bits per heavy atom. The van der Waals surface area contributed by atoms with Crippen molar-refractivity contribution in [3.8, 4) is 16.9 Å². The number of hydrogen-bond acceptors (Lipinski definition) is 4. The number of halogens is 2. The quantitative estimate of drug-likeness (QED) is 0.366. The molecule has 10 heteroatoms. The average molecular weight is 506 g/mol. The molecule has 0 bridgehead atoms. The van der Waals surface area contributed by atoms with E-state index in [0.29, 0.717) is 28.6 Å². The number of rotatable bonds is 6. The van der Waals surface area contributed by atoms with E-state index in [-0.39, 0.29) is 12.5 Å². The minimum atomic E-state index is -3.54. The van der Waals surface area contributed by atoms with Crippen molar-refractivity contribution in [2.24, 2.45) is 10.7 Å². The summed E-state index contributed by atoms with van der Waals surface area (Å²) in [5.41, 5.74) is 9.12. The van der Waals surface area contributed by atoms with Crippen molar-refractivity contribution in [2.75, 3.05) is 0 Å². The highest BCUT2D eigenvalue weighted by molar-refractivity contribution is 7.90. The molecule has 3 N–H and O–H groups in total. The van der Waals surface area contributed by atoms with E-state index in [9.17, 15) is 8.42 Å². The minimum Gasteiger partial charge on any atom is -0.369 e. The molecule has 1 heterocycles. The highest BCUT2D eigenvalue weighted by atomic mass is 35.5. The first-order valence-corrected chi connectivity index (χ1v) is 13.0. The van der Waals surface area contributed by atoms with Crippen LogP contribution in [0, 0.1) is 0 Å². The summed E-state index contributed by atoms with van der Waals surface area (Å²) >= 11 is 12.1. The summed E-state index contributed by atoms with van der Waals surface area (Å²) in [5.74, 6) is -0.130. The lowest BCUT2D eigenvalue weighted by Crippen LogP contribution is -2.43. The van der Waals surface area contributed by atoms with Gasteiger partial charge in [-0.3, -0.25) is 4.72 Å². The van der Waals surface area contributed by atoms with Gasteiger partial charge in [0.1, 0.15) is 0 Å². The second-order valence-corrected chi connectivity index (χ2v) is 10.9. The summed E-state index contributed by atoms with van der Waals surface area (Å²) < 4.78 is 29.4. The van der Waals surface area contributed by atoms with Gasteiger partial charge in [0.15, 0.2) is 0 Å². The zero-order valence-corrected chi connectivity index (χ0v) is 20.2. The number of guanidine groups is 1. The van der Waals surface area contributed by atoms with Gasteiger partial charge in [0.25, 0.3) is 0 Å². The number of sulfonamides is 1. The van der Waals surface area contributed by atoms with Crippen molar-refractivity contribution >= 4 is 39.2 Å². The van der Waals surface area contributed by atoms with Gasteiger partial charge in [0, 0.05) is 15.6 Å². The number of benzene rings is 2. The van der Waals surface area contributed by atoms with Crippen molar-refractivity contribution in [1.82, 2.24) is 14.5 Å². The Bertz CT molecular complexity index is 1170. The predicted octanol–water partition coefficient (Wildman–Crippen LogP) is 4.91. The van der Waals surface area contributed by atoms with Gasteiger partial charge in [-0.15, -0.1) is 0 Å². The SMILES string of the molecule is NC(=NCc1cc(-c2ccc(Cl)cc2)n(-c2ccc(Cl)cc2)n1)NS(=O)(=O)C1CCCCC1. The Kier molecular flexibility index (Phi) is 7.26. The van der Waals surface area contributed by atoms with Crippen LogP contribution in [0.1, 0.15) is 37.8 Å². The molecule has 0 saturated heterocycles. The van der Waals surface area contributed by atoms with Crippen LogP contribution in [-0.4, -0.2) is 29.4 Å². The Labute approximate surface area is 203 Å². The molecular weight excluding hydrogens is 481 g/mol. The van der Waals surface area contributed by atoms with Crippen LogP contribution in [-0.2, 0) is 16.6 Å². The van der Waals surface area contributed by atoms with Crippen molar-refractivity contribution in [3.63, 3.8) is 0 Å². The summed E-state index contributed by atoms with van der Waals surface area (Å²) in [6.45, 7) is 0.125. The van der Waals surface area contributed by atoms with Crippen molar-refractivity contribution in [2.45, 2.75) is 43.9 Å². The second kappa shape index (κ2) is 10.2. The van der Waals surface area contributed by atoms with Crippen molar-refractivity contribution in [3.05, 3.63) is 70.3 Å². The number of aliphatic imine (C=N–C) groups is 1. The van der Waals surface area contributed by atoms with Gasteiger partial charge in [0.2, 0.25) is 16.0 Å².